The highest BCUT2D eigenvalue weighted by Gasteiger charge is 2.60. The van der Waals surface area contributed by atoms with Crippen molar-refractivity contribution in [3.63, 3.8) is 0 Å². The summed E-state index contributed by atoms with van der Waals surface area (Å²) >= 11 is 0. The zero-order valence-electron chi connectivity index (χ0n) is 16.0. The van der Waals surface area contributed by atoms with E-state index in [1.807, 2.05) is 24.3 Å². The van der Waals surface area contributed by atoms with Crippen LogP contribution in [0.15, 0.2) is 55.1 Å². The van der Waals surface area contributed by atoms with Crippen molar-refractivity contribution in [2.75, 3.05) is 6.61 Å². The van der Waals surface area contributed by atoms with Crippen LogP contribution < -0.4 is 15.4 Å². The van der Waals surface area contributed by atoms with Crippen molar-refractivity contribution in [2.45, 2.75) is 31.3 Å². The smallest absolute Gasteiger partial charge is 0.243 e. The molecule has 1 aliphatic heterocycles. The molecule has 2 N–H and O–H groups in total. The number of para-hydroxylation sites is 1. The predicted molar refractivity (Wildman–Crippen MR) is 107 cm³/mol. The molecule has 1 aliphatic carbocycles. The van der Waals surface area contributed by atoms with Crippen LogP contribution in [0.3, 0.4) is 0 Å². The summed E-state index contributed by atoms with van der Waals surface area (Å²) in [5, 5.41) is 5.49. The molecule has 0 aromatic heterocycles. The maximum Gasteiger partial charge on any atom is 0.243 e. The Morgan fingerprint density at radius 2 is 2.03 bits per heavy atom. The third-order valence-electron chi connectivity index (χ3n) is 5.84. The summed E-state index contributed by atoms with van der Waals surface area (Å²) in [5.41, 5.74) is 2.01. The predicted octanol–water partition coefficient (Wildman–Crippen LogP) is 2.98. The second kappa shape index (κ2) is 7.70. The van der Waals surface area contributed by atoms with E-state index in [9.17, 15) is 14.0 Å². The SMILES string of the molecule is C=CC(=O)NCc1ccc(CNC(=O)C2CC23CCOc2ccccc23)c(F)c1. The van der Waals surface area contributed by atoms with E-state index in [-0.39, 0.29) is 36.2 Å². The number of carbonyl (C=O) groups is 2. The van der Waals surface area contributed by atoms with Crippen LogP contribution in [0.2, 0.25) is 0 Å². The molecule has 1 saturated carbocycles. The highest BCUT2D eigenvalue weighted by Crippen LogP contribution is 2.60. The van der Waals surface area contributed by atoms with Gasteiger partial charge in [-0.25, -0.2) is 4.39 Å². The highest BCUT2D eigenvalue weighted by atomic mass is 19.1. The third kappa shape index (κ3) is 3.75. The number of nitrogens with one attached hydrogen (secondary N) is 2. The van der Waals surface area contributed by atoms with Gasteiger partial charge in [0, 0.05) is 35.5 Å². The molecule has 29 heavy (non-hydrogen) atoms. The van der Waals surface area contributed by atoms with Crippen molar-refractivity contribution < 1.29 is 18.7 Å². The first kappa shape index (κ1) is 19.2. The summed E-state index contributed by atoms with van der Waals surface area (Å²) in [4.78, 5) is 23.9. The minimum atomic E-state index is -0.405. The van der Waals surface area contributed by atoms with Gasteiger partial charge in [0.15, 0.2) is 0 Å². The van der Waals surface area contributed by atoms with Crippen LogP contribution >= 0.6 is 0 Å². The van der Waals surface area contributed by atoms with E-state index in [0.717, 1.165) is 24.2 Å². The number of rotatable bonds is 6. The molecule has 2 atom stereocenters. The Balaban J connectivity index is 1.36. The molecule has 0 saturated heterocycles. The molecule has 6 heteroatoms. The molecule has 0 bridgehead atoms. The minimum absolute atomic E-state index is 0.0524. The molecule has 0 radical (unpaired) electrons. The van der Waals surface area contributed by atoms with Crippen molar-refractivity contribution >= 4 is 11.8 Å². The summed E-state index contributed by atoms with van der Waals surface area (Å²) in [6, 6.07) is 12.6. The average molecular weight is 394 g/mol. The highest BCUT2D eigenvalue weighted by molar-refractivity contribution is 5.86. The molecule has 2 unspecified atom stereocenters. The van der Waals surface area contributed by atoms with E-state index in [0.29, 0.717) is 17.7 Å². The number of halogens is 1. The Hall–Kier alpha value is -3.15. The first-order valence-electron chi connectivity index (χ1n) is 9.71. The molecule has 2 amide bonds. The van der Waals surface area contributed by atoms with E-state index in [2.05, 4.69) is 17.2 Å². The van der Waals surface area contributed by atoms with Crippen LogP contribution in [-0.2, 0) is 28.1 Å². The molecule has 2 aromatic carbocycles. The van der Waals surface area contributed by atoms with Crippen LogP contribution in [0.25, 0.3) is 0 Å². The molecule has 5 nitrogen and oxygen atoms in total. The lowest BCUT2D eigenvalue weighted by Crippen LogP contribution is -2.31. The molecule has 2 aliphatic rings. The van der Waals surface area contributed by atoms with Gasteiger partial charge in [-0.3, -0.25) is 9.59 Å². The Morgan fingerprint density at radius 3 is 2.83 bits per heavy atom. The van der Waals surface area contributed by atoms with E-state index in [1.54, 1.807) is 12.1 Å². The lowest BCUT2D eigenvalue weighted by molar-refractivity contribution is -0.123. The van der Waals surface area contributed by atoms with E-state index in [4.69, 9.17) is 4.74 Å². The topological polar surface area (TPSA) is 67.4 Å². The Bertz CT molecular complexity index is 974. The minimum Gasteiger partial charge on any atom is -0.493 e. The van der Waals surface area contributed by atoms with Gasteiger partial charge in [-0.2, -0.15) is 0 Å². The van der Waals surface area contributed by atoms with Gasteiger partial charge in [-0.1, -0.05) is 36.9 Å². The van der Waals surface area contributed by atoms with Gasteiger partial charge >= 0.3 is 0 Å². The molecular formula is C23H23FN2O3. The van der Waals surface area contributed by atoms with Crippen LogP contribution in [0.4, 0.5) is 4.39 Å². The van der Waals surface area contributed by atoms with Crippen LogP contribution in [0, 0.1) is 11.7 Å². The number of ether oxygens (including phenoxy) is 1. The molecule has 1 spiro atoms. The summed E-state index contributed by atoms with van der Waals surface area (Å²) in [7, 11) is 0. The molecule has 150 valence electrons. The number of hydrogen-bond acceptors (Lipinski definition) is 3. The monoisotopic (exact) mass is 394 g/mol. The number of benzene rings is 2. The number of carbonyl (C=O) groups excluding carboxylic acids is 2. The van der Waals surface area contributed by atoms with Crippen molar-refractivity contribution in [3.05, 3.63) is 77.6 Å². The Morgan fingerprint density at radius 1 is 1.21 bits per heavy atom. The van der Waals surface area contributed by atoms with Gasteiger partial charge in [0.1, 0.15) is 11.6 Å². The molecule has 2 aromatic rings. The second-order valence-corrected chi connectivity index (χ2v) is 7.57. The Labute approximate surface area is 169 Å². The van der Waals surface area contributed by atoms with Gasteiger partial charge in [0.05, 0.1) is 6.61 Å². The molecular weight excluding hydrogens is 371 g/mol. The van der Waals surface area contributed by atoms with Crippen LogP contribution in [-0.4, -0.2) is 18.4 Å². The summed E-state index contributed by atoms with van der Waals surface area (Å²) in [6.07, 6.45) is 2.78. The average Bonchev–Trinajstić information content (AvgIpc) is 3.46. The molecule has 1 fully saturated rings. The van der Waals surface area contributed by atoms with Crippen molar-refractivity contribution in [1.29, 1.82) is 0 Å². The van der Waals surface area contributed by atoms with Crippen molar-refractivity contribution in [1.82, 2.24) is 10.6 Å². The van der Waals surface area contributed by atoms with Gasteiger partial charge in [0.25, 0.3) is 0 Å². The lowest BCUT2D eigenvalue weighted by Gasteiger charge is -2.26. The Kier molecular flexibility index (Phi) is 5.09. The maximum absolute atomic E-state index is 14.4. The van der Waals surface area contributed by atoms with Gasteiger partial charge in [-0.15, -0.1) is 0 Å². The number of fused-ring (bicyclic) bond motifs is 2. The summed E-state index contributed by atoms with van der Waals surface area (Å²) < 4.78 is 20.1. The largest absolute Gasteiger partial charge is 0.493 e. The fourth-order valence-electron chi connectivity index (χ4n) is 4.12. The fraction of sp³-hybridized carbons (Fsp3) is 0.304. The van der Waals surface area contributed by atoms with Crippen molar-refractivity contribution in [3.8, 4) is 5.75 Å². The van der Waals surface area contributed by atoms with Crippen molar-refractivity contribution in [2.24, 2.45) is 5.92 Å². The first-order valence-corrected chi connectivity index (χ1v) is 9.71. The normalized spacial score (nSPS) is 21.6. The molecule has 1 heterocycles. The fourth-order valence-corrected chi connectivity index (χ4v) is 4.12. The zero-order chi connectivity index (χ0) is 20.4. The van der Waals surface area contributed by atoms with Crippen LogP contribution in [0.1, 0.15) is 29.5 Å². The summed E-state index contributed by atoms with van der Waals surface area (Å²) in [5.74, 6) is -0.0148. The van der Waals surface area contributed by atoms with E-state index in [1.165, 1.54) is 12.1 Å². The standard InChI is InChI=1S/C23H23FN2O3/c1-2-21(27)25-13-15-7-8-16(19(24)11-15)14-26-22(28)18-12-23(18)9-10-29-20-6-4-3-5-17(20)23/h2-8,11,18H,1,9-10,12-14H2,(H,25,27)(H,26,28). The van der Waals surface area contributed by atoms with E-state index < -0.39 is 5.82 Å². The lowest BCUT2D eigenvalue weighted by atomic mass is 9.87. The quantitative estimate of drug-likeness (QED) is 0.741. The summed E-state index contributed by atoms with van der Waals surface area (Å²) in [6.45, 7) is 4.34. The third-order valence-corrected chi connectivity index (χ3v) is 5.84. The first-order chi connectivity index (χ1) is 14.0. The zero-order valence-corrected chi connectivity index (χ0v) is 16.0. The van der Waals surface area contributed by atoms with Gasteiger partial charge in [-0.05, 0) is 36.6 Å². The van der Waals surface area contributed by atoms with E-state index >= 15 is 0 Å². The second-order valence-electron chi connectivity index (χ2n) is 7.57. The number of amides is 2. The van der Waals surface area contributed by atoms with Gasteiger partial charge < -0.3 is 15.4 Å². The molecule has 4 rings (SSSR count). The van der Waals surface area contributed by atoms with Gasteiger partial charge in [0.2, 0.25) is 11.8 Å². The maximum atomic E-state index is 14.4. The van der Waals surface area contributed by atoms with Crippen LogP contribution in [0.5, 0.6) is 5.75 Å². The number of hydrogen-bond donors (Lipinski definition) is 2.